The van der Waals surface area contributed by atoms with Crippen LogP contribution in [0.3, 0.4) is 0 Å². The Hall–Kier alpha value is -2.78. The summed E-state index contributed by atoms with van der Waals surface area (Å²) in [5.41, 5.74) is 1.12. The fourth-order valence-electron chi connectivity index (χ4n) is 3.08. The van der Waals surface area contributed by atoms with E-state index in [4.69, 9.17) is 30.8 Å². The van der Waals surface area contributed by atoms with Crippen molar-refractivity contribution in [3.8, 4) is 11.5 Å². The maximum atomic E-state index is 12.4. The van der Waals surface area contributed by atoms with Gasteiger partial charge in [-0.15, -0.1) is 0 Å². The fraction of sp³-hybridized carbons (Fsp3) is 0.429. The van der Waals surface area contributed by atoms with E-state index in [9.17, 15) is 4.79 Å². The minimum atomic E-state index is -0.377. The first-order valence-corrected chi connectivity index (χ1v) is 10.5. The first-order valence-electron chi connectivity index (χ1n) is 10.1. The van der Waals surface area contributed by atoms with Crippen LogP contribution in [0.25, 0.3) is 0 Å². The van der Waals surface area contributed by atoms with Crippen LogP contribution in [-0.4, -0.2) is 43.5 Å². The van der Waals surface area contributed by atoms with Gasteiger partial charge in [0.25, 0.3) is 5.91 Å². The summed E-state index contributed by atoms with van der Waals surface area (Å²) < 4.78 is 22.3. The Bertz CT molecular complexity index is 851. The van der Waals surface area contributed by atoms with Crippen molar-refractivity contribution in [1.82, 2.24) is 5.32 Å². The molecule has 2 heterocycles. The third kappa shape index (κ3) is 5.87. The minimum absolute atomic E-state index is 0.175. The van der Waals surface area contributed by atoms with Crippen molar-refractivity contribution in [2.24, 2.45) is 0 Å². The number of amides is 1. The summed E-state index contributed by atoms with van der Waals surface area (Å²) in [6, 6.07) is 6.71. The number of rotatable bonds is 9. The SMILES string of the molecule is CCOc1cc(NC(=S)NC[C@H]2CCCO2)c(OCC)cc1NC(=O)c1ccco1. The van der Waals surface area contributed by atoms with Crippen molar-refractivity contribution in [1.29, 1.82) is 0 Å². The number of benzene rings is 1. The molecule has 1 amide bonds. The van der Waals surface area contributed by atoms with Gasteiger partial charge in [-0.25, -0.2) is 0 Å². The summed E-state index contributed by atoms with van der Waals surface area (Å²) in [5, 5.41) is 9.60. The summed E-state index contributed by atoms with van der Waals surface area (Å²) in [6.45, 7) is 6.07. The highest BCUT2D eigenvalue weighted by molar-refractivity contribution is 7.80. The highest BCUT2D eigenvalue weighted by Crippen LogP contribution is 2.37. The van der Waals surface area contributed by atoms with Crippen molar-refractivity contribution in [3.63, 3.8) is 0 Å². The molecule has 0 spiro atoms. The number of nitrogens with one attached hydrogen (secondary N) is 3. The summed E-state index contributed by atoms with van der Waals surface area (Å²) in [5.74, 6) is 0.859. The van der Waals surface area contributed by atoms with Gasteiger partial charge in [0.05, 0.1) is 37.0 Å². The first kappa shape index (κ1) is 21.9. The Morgan fingerprint density at radius 1 is 1.17 bits per heavy atom. The van der Waals surface area contributed by atoms with Crippen molar-refractivity contribution in [3.05, 3.63) is 36.3 Å². The van der Waals surface area contributed by atoms with Crippen LogP contribution in [-0.2, 0) is 4.74 Å². The van der Waals surface area contributed by atoms with Crippen molar-refractivity contribution < 1.29 is 23.4 Å². The predicted molar refractivity (Wildman–Crippen MR) is 119 cm³/mol. The number of furan rings is 1. The molecule has 1 aliphatic rings. The highest BCUT2D eigenvalue weighted by atomic mass is 32.1. The molecule has 3 rings (SSSR count). The molecular weight excluding hydrogens is 406 g/mol. The summed E-state index contributed by atoms with van der Waals surface area (Å²) in [4.78, 5) is 12.4. The van der Waals surface area contributed by atoms with E-state index < -0.39 is 0 Å². The molecule has 8 nitrogen and oxygen atoms in total. The van der Waals surface area contributed by atoms with Gasteiger partial charge in [0.15, 0.2) is 10.9 Å². The van der Waals surface area contributed by atoms with Crippen LogP contribution < -0.4 is 25.4 Å². The lowest BCUT2D eigenvalue weighted by Crippen LogP contribution is -2.34. The van der Waals surface area contributed by atoms with Gasteiger partial charge in [-0.1, -0.05) is 0 Å². The monoisotopic (exact) mass is 433 g/mol. The van der Waals surface area contributed by atoms with E-state index in [2.05, 4.69) is 16.0 Å². The zero-order valence-corrected chi connectivity index (χ0v) is 18.0. The van der Waals surface area contributed by atoms with Gasteiger partial charge < -0.3 is 34.6 Å². The van der Waals surface area contributed by atoms with Crippen LogP contribution in [0.2, 0.25) is 0 Å². The standard InChI is InChI=1S/C21H27N3O5S/c1-3-26-18-12-16(24-21(30)22-13-14-7-5-9-28-14)19(27-4-2)11-15(18)23-20(25)17-8-6-10-29-17/h6,8,10-12,14H,3-5,7,9,13H2,1-2H3,(H,23,25)(H2,22,24,30)/t14-/m1/s1. The van der Waals surface area contributed by atoms with Crippen LogP contribution >= 0.6 is 12.2 Å². The number of carbonyl (C=O) groups is 1. The van der Waals surface area contributed by atoms with Crippen molar-refractivity contribution >= 4 is 34.6 Å². The number of ether oxygens (including phenoxy) is 3. The molecule has 2 aromatic rings. The number of carbonyl (C=O) groups excluding carboxylic acids is 1. The molecule has 9 heteroatoms. The lowest BCUT2D eigenvalue weighted by atomic mass is 10.2. The van der Waals surface area contributed by atoms with Crippen LogP contribution in [0.15, 0.2) is 34.9 Å². The molecule has 1 saturated heterocycles. The van der Waals surface area contributed by atoms with Crippen LogP contribution in [0.4, 0.5) is 11.4 Å². The Morgan fingerprint density at radius 3 is 2.43 bits per heavy atom. The fourth-order valence-corrected chi connectivity index (χ4v) is 3.27. The molecule has 30 heavy (non-hydrogen) atoms. The first-order chi connectivity index (χ1) is 14.6. The number of anilines is 2. The molecular formula is C21H27N3O5S. The Morgan fingerprint density at radius 2 is 1.87 bits per heavy atom. The van der Waals surface area contributed by atoms with Gasteiger partial charge in [0.2, 0.25) is 0 Å². The number of hydrogen-bond acceptors (Lipinski definition) is 6. The largest absolute Gasteiger partial charge is 0.492 e. The molecule has 1 aromatic heterocycles. The zero-order chi connectivity index (χ0) is 21.3. The predicted octanol–water partition coefficient (Wildman–Crippen LogP) is 3.79. The number of thiocarbonyl (C=S) groups is 1. The molecule has 1 fully saturated rings. The average molecular weight is 434 g/mol. The van der Waals surface area contributed by atoms with Gasteiger partial charge in [-0.3, -0.25) is 4.79 Å². The van der Waals surface area contributed by atoms with E-state index in [1.807, 2.05) is 13.8 Å². The van der Waals surface area contributed by atoms with E-state index in [1.54, 1.807) is 24.3 Å². The van der Waals surface area contributed by atoms with Crippen molar-refractivity contribution in [2.75, 3.05) is 37.0 Å². The average Bonchev–Trinajstić information content (AvgIpc) is 3.44. The Kier molecular flexibility index (Phi) is 7.92. The quantitative estimate of drug-likeness (QED) is 0.514. The van der Waals surface area contributed by atoms with E-state index in [0.29, 0.717) is 47.7 Å². The number of hydrogen-bond donors (Lipinski definition) is 3. The topological polar surface area (TPSA) is 94.0 Å². The highest BCUT2D eigenvalue weighted by Gasteiger charge is 2.18. The summed E-state index contributed by atoms with van der Waals surface area (Å²) in [7, 11) is 0. The van der Waals surface area contributed by atoms with Gasteiger partial charge in [-0.2, -0.15) is 0 Å². The van der Waals surface area contributed by atoms with Gasteiger partial charge >= 0.3 is 0 Å². The minimum Gasteiger partial charge on any atom is -0.492 e. The molecule has 1 atom stereocenters. The second-order valence-electron chi connectivity index (χ2n) is 6.61. The zero-order valence-electron chi connectivity index (χ0n) is 17.2. The van der Waals surface area contributed by atoms with E-state index >= 15 is 0 Å². The van der Waals surface area contributed by atoms with E-state index in [-0.39, 0.29) is 17.8 Å². The molecule has 1 aliphatic heterocycles. The summed E-state index contributed by atoms with van der Waals surface area (Å²) >= 11 is 5.42. The smallest absolute Gasteiger partial charge is 0.291 e. The van der Waals surface area contributed by atoms with E-state index in [0.717, 1.165) is 19.4 Å². The van der Waals surface area contributed by atoms with Crippen LogP contribution in [0.1, 0.15) is 37.2 Å². The lowest BCUT2D eigenvalue weighted by Gasteiger charge is -2.19. The third-order valence-electron chi connectivity index (χ3n) is 4.44. The maximum Gasteiger partial charge on any atom is 0.291 e. The molecule has 1 aromatic carbocycles. The van der Waals surface area contributed by atoms with Gasteiger partial charge in [0.1, 0.15) is 11.5 Å². The normalized spacial score (nSPS) is 15.5. The second kappa shape index (κ2) is 10.8. The van der Waals surface area contributed by atoms with Crippen LogP contribution in [0.5, 0.6) is 11.5 Å². The van der Waals surface area contributed by atoms with Gasteiger partial charge in [-0.05, 0) is 51.0 Å². The molecule has 0 aliphatic carbocycles. The lowest BCUT2D eigenvalue weighted by molar-refractivity contribution is 0.0996. The Labute approximate surface area is 181 Å². The van der Waals surface area contributed by atoms with Crippen molar-refractivity contribution in [2.45, 2.75) is 32.8 Å². The maximum absolute atomic E-state index is 12.4. The third-order valence-corrected chi connectivity index (χ3v) is 4.68. The molecule has 0 bridgehead atoms. The molecule has 3 N–H and O–H groups in total. The second-order valence-corrected chi connectivity index (χ2v) is 7.02. The molecule has 0 unspecified atom stereocenters. The molecule has 0 radical (unpaired) electrons. The van der Waals surface area contributed by atoms with Crippen LogP contribution in [0, 0.1) is 0 Å². The molecule has 162 valence electrons. The summed E-state index contributed by atoms with van der Waals surface area (Å²) in [6.07, 6.45) is 3.72. The molecule has 0 saturated carbocycles. The van der Waals surface area contributed by atoms with E-state index in [1.165, 1.54) is 6.26 Å². The Balaban J connectivity index is 1.76. The van der Waals surface area contributed by atoms with Gasteiger partial charge in [0, 0.05) is 25.3 Å².